The number of rotatable bonds is 0. The van der Waals surface area contributed by atoms with Gasteiger partial charge < -0.3 is 4.57 Å². The van der Waals surface area contributed by atoms with Crippen molar-refractivity contribution in [2.45, 2.75) is 6.18 Å². The summed E-state index contributed by atoms with van der Waals surface area (Å²) in [5.74, 6) is 0. The third-order valence-corrected chi connectivity index (χ3v) is 2.47. The Morgan fingerprint density at radius 3 is 2.50 bits per heavy atom. The molecule has 2 nitrogen and oxygen atoms in total. The number of hydrogen-bond acceptors (Lipinski definition) is 1. The zero-order chi connectivity index (χ0) is 11.9. The second-order valence-corrected chi connectivity index (χ2v) is 3.46. The van der Waals surface area contributed by atoms with Gasteiger partial charge in [0.2, 0.25) is 0 Å². The van der Waals surface area contributed by atoms with E-state index in [0.717, 1.165) is 0 Å². The number of nitrogens with zero attached hydrogens (tertiary/aromatic N) is 2. The lowest BCUT2D eigenvalue weighted by atomic mass is 10.0. The SMILES string of the molecule is Cn1ccc2c(C(F)(F)F)c(C#N)ccc21. The average molecular weight is 224 g/mol. The second-order valence-electron chi connectivity index (χ2n) is 3.46. The van der Waals surface area contributed by atoms with E-state index in [1.807, 2.05) is 0 Å². The van der Waals surface area contributed by atoms with Gasteiger partial charge in [-0.2, -0.15) is 18.4 Å². The van der Waals surface area contributed by atoms with Gasteiger partial charge >= 0.3 is 6.18 Å². The van der Waals surface area contributed by atoms with Gasteiger partial charge in [-0.3, -0.25) is 0 Å². The van der Waals surface area contributed by atoms with Crippen LogP contribution in [0.25, 0.3) is 10.9 Å². The second kappa shape index (κ2) is 3.27. The van der Waals surface area contributed by atoms with Gasteiger partial charge in [-0.15, -0.1) is 0 Å². The summed E-state index contributed by atoms with van der Waals surface area (Å²) in [4.78, 5) is 0. The van der Waals surface area contributed by atoms with Crippen LogP contribution in [0, 0.1) is 11.3 Å². The molecule has 1 heterocycles. The van der Waals surface area contributed by atoms with Gasteiger partial charge in [0.25, 0.3) is 0 Å². The van der Waals surface area contributed by atoms with Gasteiger partial charge in [0.1, 0.15) is 0 Å². The molecule has 0 radical (unpaired) electrons. The lowest BCUT2D eigenvalue weighted by molar-refractivity contribution is -0.136. The molecule has 1 aromatic carbocycles. The maximum atomic E-state index is 12.8. The molecule has 0 saturated carbocycles. The summed E-state index contributed by atoms with van der Waals surface area (Å²) in [6.07, 6.45) is -2.97. The van der Waals surface area contributed by atoms with Gasteiger partial charge in [0.05, 0.1) is 17.2 Å². The van der Waals surface area contributed by atoms with Gasteiger partial charge in [0.15, 0.2) is 0 Å². The zero-order valence-corrected chi connectivity index (χ0v) is 8.34. The third-order valence-electron chi connectivity index (χ3n) is 2.47. The molecular weight excluding hydrogens is 217 g/mol. The van der Waals surface area contributed by atoms with Crippen LogP contribution in [0.1, 0.15) is 11.1 Å². The van der Waals surface area contributed by atoms with Crippen LogP contribution in [-0.2, 0) is 13.2 Å². The molecule has 0 amide bonds. The van der Waals surface area contributed by atoms with E-state index in [-0.39, 0.29) is 10.9 Å². The number of benzene rings is 1. The highest BCUT2D eigenvalue weighted by Gasteiger charge is 2.35. The van der Waals surface area contributed by atoms with Gasteiger partial charge in [-0.05, 0) is 18.2 Å². The van der Waals surface area contributed by atoms with E-state index in [1.165, 1.54) is 18.2 Å². The van der Waals surface area contributed by atoms with Crippen molar-refractivity contribution in [3.63, 3.8) is 0 Å². The summed E-state index contributed by atoms with van der Waals surface area (Å²) in [5, 5.41) is 8.76. The summed E-state index contributed by atoms with van der Waals surface area (Å²) in [6.45, 7) is 0. The van der Waals surface area contributed by atoms with Crippen molar-refractivity contribution in [2.24, 2.45) is 7.05 Å². The Morgan fingerprint density at radius 2 is 1.94 bits per heavy atom. The van der Waals surface area contributed by atoms with E-state index in [0.29, 0.717) is 5.52 Å². The minimum Gasteiger partial charge on any atom is -0.351 e. The fraction of sp³-hybridized carbons (Fsp3) is 0.182. The molecule has 1 aromatic heterocycles. The van der Waals surface area contributed by atoms with E-state index in [1.54, 1.807) is 23.9 Å². The first kappa shape index (κ1) is 10.6. The van der Waals surface area contributed by atoms with E-state index in [9.17, 15) is 13.2 Å². The number of alkyl halides is 3. The van der Waals surface area contributed by atoms with Gasteiger partial charge in [0, 0.05) is 24.1 Å². The zero-order valence-electron chi connectivity index (χ0n) is 8.34. The van der Waals surface area contributed by atoms with Crippen molar-refractivity contribution in [1.82, 2.24) is 4.57 Å². The van der Waals surface area contributed by atoms with E-state index < -0.39 is 11.7 Å². The van der Waals surface area contributed by atoms with E-state index in [4.69, 9.17) is 5.26 Å². The monoisotopic (exact) mass is 224 g/mol. The number of fused-ring (bicyclic) bond motifs is 1. The van der Waals surface area contributed by atoms with Crippen molar-refractivity contribution < 1.29 is 13.2 Å². The molecule has 0 aliphatic rings. The Balaban J connectivity index is 2.91. The lowest BCUT2D eigenvalue weighted by Gasteiger charge is -2.10. The highest BCUT2D eigenvalue weighted by Crippen LogP contribution is 2.37. The van der Waals surface area contributed by atoms with Crippen LogP contribution < -0.4 is 0 Å². The van der Waals surface area contributed by atoms with Gasteiger partial charge in [-0.1, -0.05) is 0 Å². The number of aromatic nitrogens is 1. The molecule has 82 valence electrons. The first-order valence-corrected chi connectivity index (χ1v) is 4.50. The molecule has 0 spiro atoms. The van der Waals surface area contributed by atoms with E-state index in [2.05, 4.69) is 0 Å². The predicted molar refractivity (Wildman–Crippen MR) is 52.6 cm³/mol. The van der Waals surface area contributed by atoms with Crippen LogP contribution >= 0.6 is 0 Å². The molecule has 0 saturated heterocycles. The van der Waals surface area contributed by atoms with Crippen LogP contribution in [0.3, 0.4) is 0 Å². The molecule has 0 N–H and O–H groups in total. The molecule has 0 atom stereocenters. The first-order chi connectivity index (χ1) is 7.45. The predicted octanol–water partition coefficient (Wildman–Crippen LogP) is 3.07. The number of nitriles is 1. The number of halogens is 3. The summed E-state index contributed by atoms with van der Waals surface area (Å²) >= 11 is 0. The molecule has 0 unspecified atom stereocenters. The average Bonchev–Trinajstić information content (AvgIpc) is 2.57. The Labute approximate surface area is 89.5 Å². The van der Waals surface area contributed by atoms with Crippen LogP contribution in [0.4, 0.5) is 13.2 Å². The van der Waals surface area contributed by atoms with Crippen molar-refractivity contribution in [2.75, 3.05) is 0 Å². The molecular formula is C11H7F3N2. The van der Waals surface area contributed by atoms with Crippen LogP contribution in [0.5, 0.6) is 0 Å². The molecule has 0 bridgehead atoms. The maximum absolute atomic E-state index is 12.8. The molecule has 2 rings (SSSR count). The molecule has 0 aliphatic heterocycles. The molecule has 16 heavy (non-hydrogen) atoms. The number of aryl methyl sites for hydroxylation is 1. The standard InChI is InChI=1S/C11H7F3N2/c1-16-5-4-8-9(16)3-2-7(6-15)10(8)11(12,13)14/h2-5H,1H3. The smallest absolute Gasteiger partial charge is 0.351 e. The fourth-order valence-corrected chi connectivity index (χ4v) is 1.75. The maximum Gasteiger partial charge on any atom is 0.418 e. The lowest BCUT2D eigenvalue weighted by Crippen LogP contribution is -2.08. The summed E-state index contributed by atoms with van der Waals surface area (Å²) in [6, 6.07) is 5.66. The van der Waals surface area contributed by atoms with E-state index >= 15 is 0 Å². The summed E-state index contributed by atoms with van der Waals surface area (Å²) < 4.78 is 40.0. The number of hydrogen-bond donors (Lipinski definition) is 0. The quantitative estimate of drug-likeness (QED) is 0.676. The van der Waals surface area contributed by atoms with Gasteiger partial charge in [-0.25, -0.2) is 0 Å². The molecule has 2 aromatic rings. The largest absolute Gasteiger partial charge is 0.418 e. The van der Waals surface area contributed by atoms with Crippen molar-refractivity contribution in [1.29, 1.82) is 5.26 Å². The first-order valence-electron chi connectivity index (χ1n) is 4.50. The molecule has 0 aliphatic carbocycles. The summed E-state index contributed by atoms with van der Waals surface area (Å²) in [5.41, 5.74) is -0.731. The molecule has 0 fully saturated rings. The third kappa shape index (κ3) is 1.43. The van der Waals surface area contributed by atoms with Crippen molar-refractivity contribution in [3.05, 3.63) is 35.5 Å². The highest BCUT2D eigenvalue weighted by molar-refractivity contribution is 5.86. The van der Waals surface area contributed by atoms with Crippen LogP contribution in [0.2, 0.25) is 0 Å². The minimum absolute atomic E-state index is 0.0639. The van der Waals surface area contributed by atoms with Crippen LogP contribution in [0.15, 0.2) is 24.4 Å². The van der Waals surface area contributed by atoms with Crippen molar-refractivity contribution in [3.8, 4) is 6.07 Å². The molecule has 5 heteroatoms. The Bertz CT molecular complexity index is 588. The fourth-order valence-electron chi connectivity index (χ4n) is 1.75. The topological polar surface area (TPSA) is 28.7 Å². The minimum atomic E-state index is -4.51. The van der Waals surface area contributed by atoms with Crippen LogP contribution in [-0.4, -0.2) is 4.57 Å². The normalized spacial score (nSPS) is 11.7. The summed E-state index contributed by atoms with van der Waals surface area (Å²) in [7, 11) is 1.66. The highest BCUT2D eigenvalue weighted by atomic mass is 19.4. The Kier molecular flexibility index (Phi) is 2.16. The Hall–Kier alpha value is -1.96. The Morgan fingerprint density at radius 1 is 1.25 bits per heavy atom. The van der Waals surface area contributed by atoms with Crippen molar-refractivity contribution >= 4 is 10.9 Å².